The third kappa shape index (κ3) is 2.87. The Kier molecular flexibility index (Phi) is 4.22. The third-order valence-electron chi connectivity index (χ3n) is 6.31. The highest BCUT2D eigenvalue weighted by Gasteiger charge is 2.52. The Bertz CT molecular complexity index is 1210. The standard InChI is InChI=1S/C24H23BBrNO2/c1-23(2)24(3,4)29-25(28-23)19-11-8-12-21-22(19)18-15-16(26)13-14-20(18)27(21)17-9-6-5-7-10-17/h5-15H,1-4H3. The minimum Gasteiger partial charge on any atom is -0.399 e. The topological polar surface area (TPSA) is 23.4 Å². The predicted octanol–water partition coefficient (Wildman–Crippen LogP) is 5.85. The fourth-order valence-corrected chi connectivity index (χ4v) is 4.45. The second kappa shape index (κ2) is 6.46. The molecule has 3 nitrogen and oxygen atoms in total. The number of rotatable bonds is 2. The summed E-state index contributed by atoms with van der Waals surface area (Å²) >= 11 is 3.66. The molecule has 0 atom stereocenters. The second-order valence-electron chi connectivity index (χ2n) is 8.66. The lowest BCUT2D eigenvalue weighted by molar-refractivity contribution is 0.00578. The van der Waals surface area contributed by atoms with Crippen molar-refractivity contribution in [1.82, 2.24) is 4.57 Å². The molecule has 1 saturated heterocycles. The molecule has 1 fully saturated rings. The Balaban J connectivity index is 1.83. The Hall–Kier alpha value is -2.08. The summed E-state index contributed by atoms with van der Waals surface area (Å²) < 4.78 is 16.2. The molecule has 0 saturated carbocycles. The van der Waals surface area contributed by atoms with Crippen molar-refractivity contribution in [3.8, 4) is 5.69 Å². The Morgan fingerprint density at radius 1 is 0.793 bits per heavy atom. The first kappa shape index (κ1) is 18.9. The summed E-state index contributed by atoms with van der Waals surface area (Å²) in [5, 5.41) is 2.36. The quantitative estimate of drug-likeness (QED) is 0.360. The van der Waals surface area contributed by atoms with Crippen molar-refractivity contribution in [3.63, 3.8) is 0 Å². The summed E-state index contributed by atoms with van der Waals surface area (Å²) in [6.45, 7) is 8.38. The van der Waals surface area contributed by atoms with Gasteiger partial charge in [-0.25, -0.2) is 0 Å². The van der Waals surface area contributed by atoms with E-state index in [4.69, 9.17) is 9.31 Å². The van der Waals surface area contributed by atoms with Gasteiger partial charge in [0.25, 0.3) is 0 Å². The molecule has 1 aliphatic heterocycles. The van der Waals surface area contributed by atoms with Crippen LogP contribution < -0.4 is 5.46 Å². The Morgan fingerprint density at radius 2 is 1.48 bits per heavy atom. The zero-order valence-corrected chi connectivity index (χ0v) is 18.7. The molecule has 0 unspecified atom stereocenters. The molecule has 1 aliphatic rings. The number of fused-ring (bicyclic) bond motifs is 3. The number of halogens is 1. The minimum atomic E-state index is -0.405. The van der Waals surface area contributed by atoms with Crippen LogP contribution in [-0.2, 0) is 9.31 Å². The lowest BCUT2D eigenvalue weighted by atomic mass is 9.76. The zero-order chi connectivity index (χ0) is 20.4. The molecule has 3 aromatic carbocycles. The summed E-state index contributed by atoms with van der Waals surface area (Å²) in [5.74, 6) is 0. The monoisotopic (exact) mass is 447 g/mol. The number of benzene rings is 3. The normalized spacial score (nSPS) is 18.0. The van der Waals surface area contributed by atoms with Crippen LogP contribution in [0.5, 0.6) is 0 Å². The first-order valence-electron chi connectivity index (χ1n) is 9.92. The van der Waals surface area contributed by atoms with Gasteiger partial charge in [-0.05, 0) is 69.6 Å². The van der Waals surface area contributed by atoms with Crippen molar-refractivity contribution in [2.75, 3.05) is 0 Å². The number of nitrogens with zero attached hydrogens (tertiary/aromatic N) is 1. The van der Waals surface area contributed by atoms with Gasteiger partial charge in [-0.2, -0.15) is 0 Å². The van der Waals surface area contributed by atoms with Crippen molar-refractivity contribution in [2.45, 2.75) is 38.9 Å². The predicted molar refractivity (Wildman–Crippen MR) is 124 cm³/mol. The van der Waals surface area contributed by atoms with Gasteiger partial charge < -0.3 is 13.9 Å². The molecule has 0 radical (unpaired) electrons. The Labute approximate surface area is 179 Å². The largest absolute Gasteiger partial charge is 0.495 e. The molecule has 0 N–H and O–H groups in total. The summed E-state index contributed by atoms with van der Waals surface area (Å²) in [5.41, 5.74) is 3.77. The van der Waals surface area contributed by atoms with Crippen molar-refractivity contribution in [1.29, 1.82) is 0 Å². The van der Waals surface area contributed by atoms with E-state index >= 15 is 0 Å². The van der Waals surface area contributed by atoms with E-state index in [0.29, 0.717) is 0 Å². The molecule has 0 amide bonds. The van der Waals surface area contributed by atoms with Crippen LogP contribution in [0.3, 0.4) is 0 Å². The van der Waals surface area contributed by atoms with Crippen LogP contribution in [0.15, 0.2) is 71.2 Å². The molecule has 4 aromatic rings. The van der Waals surface area contributed by atoms with E-state index in [0.717, 1.165) is 21.1 Å². The van der Waals surface area contributed by atoms with Crippen LogP contribution in [0.2, 0.25) is 0 Å². The molecular weight excluding hydrogens is 425 g/mol. The Morgan fingerprint density at radius 3 is 2.17 bits per heavy atom. The van der Waals surface area contributed by atoms with Gasteiger partial charge in [0.15, 0.2) is 0 Å². The van der Waals surface area contributed by atoms with E-state index in [-0.39, 0.29) is 11.2 Å². The van der Waals surface area contributed by atoms with Gasteiger partial charge in [-0.15, -0.1) is 0 Å². The molecule has 0 bridgehead atoms. The second-order valence-corrected chi connectivity index (χ2v) is 9.58. The SMILES string of the molecule is CC1(C)OB(c2cccc3c2c2cc(Br)ccc2n3-c2ccccc2)OC1(C)C. The number of hydrogen-bond donors (Lipinski definition) is 0. The first-order chi connectivity index (χ1) is 13.8. The highest BCUT2D eigenvalue weighted by atomic mass is 79.9. The first-order valence-corrected chi connectivity index (χ1v) is 10.7. The van der Waals surface area contributed by atoms with Crippen molar-refractivity contribution >= 4 is 50.3 Å². The van der Waals surface area contributed by atoms with Gasteiger partial charge in [0.05, 0.1) is 22.2 Å². The molecule has 1 aromatic heterocycles. The van der Waals surface area contributed by atoms with E-state index in [1.807, 2.05) is 6.07 Å². The maximum absolute atomic E-state index is 6.41. The fourth-order valence-electron chi connectivity index (χ4n) is 4.09. The van der Waals surface area contributed by atoms with Crippen molar-refractivity contribution in [2.24, 2.45) is 0 Å². The van der Waals surface area contributed by atoms with E-state index < -0.39 is 7.12 Å². The molecular formula is C24H23BBrNO2. The molecule has 5 heteroatoms. The zero-order valence-electron chi connectivity index (χ0n) is 17.1. The van der Waals surface area contributed by atoms with E-state index in [1.54, 1.807) is 0 Å². The number of hydrogen-bond acceptors (Lipinski definition) is 2. The molecule has 0 aliphatic carbocycles. The molecule has 29 heavy (non-hydrogen) atoms. The van der Waals surface area contributed by atoms with Gasteiger partial charge in [-0.3, -0.25) is 0 Å². The minimum absolute atomic E-state index is 0.377. The van der Waals surface area contributed by atoms with Gasteiger partial charge in [0.2, 0.25) is 0 Å². The highest BCUT2D eigenvalue weighted by Crippen LogP contribution is 2.39. The average Bonchev–Trinajstić information content (AvgIpc) is 3.12. The van der Waals surface area contributed by atoms with Crippen molar-refractivity contribution < 1.29 is 9.31 Å². The van der Waals surface area contributed by atoms with Gasteiger partial charge in [-0.1, -0.05) is 46.3 Å². The van der Waals surface area contributed by atoms with Crippen LogP contribution in [0.4, 0.5) is 0 Å². The third-order valence-corrected chi connectivity index (χ3v) is 6.80. The number of aromatic nitrogens is 1. The van der Waals surface area contributed by atoms with Crippen LogP contribution in [0, 0.1) is 0 Å². The average molecular weight is 448 g/mol. The van der Waals surface area contributed by atoms with Crippen LogP contribution in [0.25, 0.3) is 27.5 Å². The van der Waals surface area contributed by atoms with Crippen LogP contribution >= 0.6 is 15.9 Å². The smallest absolute Gasteiger partial charge is 0.399 e. The van der Waals surface area contributed by atoms with Crippen LogP contribution in [0.1, 0.15) is 27.7 Å². The van der Waals surface area contributed by atoms with E-state index in [9.17, 15) is 0 Å². The fraction of sp³-hybridized carbons (Fsp3) is 0.250. The maximum atomic E-state index is 6.41. The van der Waals surface area contributed by atoms with Crippen molar-refractivity contribution in [3.05, 3.63) is 71.2 Å². The summed E-state index contributed by atoms with van der Waals surface area (Å²) in [6, 6.07) is 23.3. The van der Waals surface area contributed by atoms with Gasteiger partial charge in [0.1, 0.15) is 0 Å². The van der Waals surface area contributed by atoms with Crippen LogP contribution in [-0.4, -0.2) is 22.9 Å². The molecule has 5 rings (SSSR count). The molecule has 0 spiro atoms. The maximum Gasteiger partial charge on any atom is 0.495 e. The summed E-state index contributed by atoms with van der Waals surface area (Å²) in [7, 11) is -0.405. The van der Waals surface area contributed by atoms with E-state index in [2.05, 4.69) is 109 Å². The van der Waals surface area contributed by atoms with Gasteiger partial charge in [0, 0.05) is 20.9 Å². The summed E-state index contributed by atoms with van der Waals surface area (Å²) in [4.78, 5) is 0. The lowest BCUT2D eigenvalue weighted by Crippen LogP contribution is -2.41. The highest BCUT2D eigenvalue weighted by molar-refractivity contribution is 9.10. The summed E-state index contributed by atoms with van der Waals surface area (Å²) in [6.07, 6.45) is 0. The molecule has 2 heterocycles. The number of para-hydroxylation sites is 1. The van der Waals surface area contributed by atoms with Gasteiger partial charge >= 0.3 is 7.12 Å². The lowest BCUT2D eigenvalue weighted by Gasteiger charge is -2.32. The molecule has 146 valence electrons. The van der Waals surface area contributed by atoms with E-state index in [1.165, 1.54) is 16.3 Å².